The second kappa shape index (κ2) is 7.45. The largest absolute Gasteiger partial charge is 0.366 e. The number of benzene rings is 3. The van der Waals surface area contributed by atoms with Gasteiger partial charge < -0.3 is 11.5 Å². The lowest BCUT2D eigenvalue weighted by Crippen LogP contribution is -2.54. The van der Waals surface area contributed by atoms with E-state index in [1.807, 2.05) is 30.3 Å². The number of quaternary nitrogens is 1. The van der Waals surface area contributed by atoms with Crippen LogP contribution in [0.3, 0.4) is 0 Å². The van der Waals surface area contributed by atoms with E-state index in [-0.39, 0.29) is 6.04 Å². The SMILES string of the molecule is NC(=O)c1cccc(-c2ccc([C@H]([NH3+])Cc3cc(F)ccc3F)cc2)c1. The Bertz CT molecular complexity index is 939. The normalized spacial score (nSPS) is 12.0. The second-order valence-electron chi connectivity index (χ2n) is 6.20. The zero-order valence-electron chi connectivity index (χ0n) is 14.1. The van der Waals surface area contributed by atoms with Gasteiger partial charge in [-0.2, -0.15) is 0 Å². The standard InChI is InChI=1S/C21H18F2N2O/c22-18-8-9-19(23)17(11-18)12-20(24)14-6-4-13(5-7-14)15-2-1-3-16(10-15)21(25)26/h1-11,20H,12,24H2,(H2,25,26)/p+1/t20-/m1/s1. The number of amides is 1. The summed E-state index contributed by atoms with van der Waals surface area (Å²) in [6.45, 7) is 0. The number of hydrogen-bond donors (Lipinski definition) is 2. The summed E-state index contributed by atoms with van der Waals surface area (Å²) < 4.78 is 27.1. The molecule has 132 valence electrons. The number of nitrogens with two attached hydrogens (primary N) is 1. The molecule has 0 aromatic heterocycles. The molecule has 0 heterocycles. The van der Waals surface area contributed by atoms with E-state index in [2.05, 4.69) is 5.73 Å². The minimum absolute atomic E-state index is 0.211. The van der Waals surface area contributed by atoms with E-state index in [0.717, 1.165) is 28.8 Å². The smallest absolute Gasteiger partial charge is 0.248 e. The van der Waals surface area contributed by atoms with Crippen molar-refractivity contribution in [1.29, 1.82) is 0 Å². The molecular weight excluding hydrogens is 334 g/mol. The Kier molecular flexibility index (Phi) is 5.09. The summed E-state index contributed by atoms with van der Waals surface area (Å²) in [7, 11) is 0. The molecule has 0 saturated carbocycles. The summed E-state index contributed by atoms with van der Waals surface area (Å²) in [4.78, 5) is 11.3. The second-order valence-corrected chi connectivity index (χ2v) is 6.20. The number of hydrogen-bond acceptors (Lipinski definition) is 1. The van der Waals surface area contributed by atoms with Gasteiger partial charge in [0.25, 0.3) is 0 Å². The van der Waals surface area contributed by atoms with Crippen LogP contribution in [0.25, 0.3) is 11.1 Å². The van der Waals surface area contributed by atoms with Crippen LogP contribution in [-0.2, 0) is 6.42 Å². The fourth-order valence-electron chi connectivity index (χ4n) is 2.88. The van der Waals surface area contributed by atoms with Crippen LogP contribution in [0.15, 0.2) is 66.7 Å². The molecule has 0 unspecified atom stereocenters. The van der Waals surface area contributed by atoms with Crippen LogP contribution in [0.1, 0.15) is 27.5 Å². The highest BCUT2D eigenvalue weighted by Gasteiger charge is 2.14. The molecule has 0 aliphatic carbocycles. The van der Waals surface area contributed by atoms with Crippen LogP contribution in [0.2, 0.25) is 0 Å². The topological polar surface area (TPSA) is 70.7 Å². The van der Waals surface area contributed by atoms with Crippen molar-refractivity contribution in [3.05, 3.63) is 95.1 Å². The molecule has 0 saturated heterocycles. The lowest BCUT2D eigenvalue weighted by atomic mass is 9.96. The molecule has 0 aliphatic rings. The van der Waals surface area contributed by atoms with Gasteiger partial charge in [0.1, 0.15) is 17.7 Å². The van der Waals surface area contributed by atoms with E-state index in [4.69, 9.17) is 5.73 Å². The molecule has 0 fully saturated rings. The first-order chi connectivity index (χ1) is 12.4. The molecule has 1 atom stereocenters. The van der Waals surface area contributed by atoms with Gasteiger partial charge in [-0.3, -0.25) is 4.79 Å². The van der Waals surface area contributed by atoms with Crippen LogP contribution in [0, 0.1) is 11.6 Å². The average Bonchev–Trinajstić information content (AvgIpc) is 2.65. The number of halogens is 2. The maximum atomic E-state index is 13.8. The molecule has 3 aromatic rings. The lowest BCUT2D eigenvalue weighted by Gasteiger charge is -2.11. The van der Waals surface area contributed by atoms with Crippen LogP contribution >= 0.6 is 0 Å². The van der Waals surface area contributed by atoms with Gasteiger partial charge >= 0.3 is 0 Å². The van der Waals surface area contributed by atoms with Gasteiger partial charge in [0.2, 0.25) is 5.91 Å². The van der Waals surface area contributed by atoms with E-state index < -0.39 is 17.5 Å². The molecule has 1 amide bonds. The molecule has 3 aromatic carbocycles. The minimum Gasteiger partial charge on any atom is -0.366 e. The summed E-state index contributed by atoms with van der Waals surface area (Å²) in [6.07, 6.45) is 0.306. The number of carbonyl (C=O) groups excluding carboxylic acids is 1. The maximum absolute atomic E-state index is 13.8. The first kappa shape index (κ1) is 17.8. The van der Waals surface area contributed by atoms with Gasteiger partial charge in [0.05, 0.1) is 0 Å². The fraction of sp³-hybridized carbons (Fsp3) is 0.0952. The minimum atomic E-state index is -0.474. The van der Waals surface area contributed by atoms with Gasteiger partial charge in [-0.15, -0.1) is 0 Å². The number of rotatable bonds is 5. The maximum Gasteiger partial charge on any atom is 0.248 e. The van der Waals surface area contributed by atoms with Crippen molar-refractivity contribution in [3.8, 4) is 11.1 Å². The quantitative estimate of drug-likeness (QED) is 0.726. The third-order valence-electron chi connectivity index (χ3n) is 4.34. The van der Waals surface area contributed by atoms with Gasteiger partial charge in [0.15, 0.2) is 0 Å². The van der Waals surface area contributed by atoms with Crippen molar-refractivity contribution in [3.63, 3.8) is 0 Å². The number of carbonyl (C=O) groups is 1. The predicted octanol–water partition coefficient (Wildman–Crippen LogP) is 3.26. The van der Waals surface area contributed by atoms with Crippen molar-refractivity contribution < 1.29 is 19.3 Å². The zero-order chi connectivity index (χ0) is 18.7. The number of primary amides is 1. The first-order valence-electron chi connectivity index (χ1n) is 8.21. The van der Waals surface area contributed by atoms with E-state index in [9.17, 15) is 13.6 Å². The summed E-state index contributed by atoms with van der Waals surface area (Å²) in [5.41, 5.74) is 12.9. The summed E-state index contributed by atoms with van der Waals surface area (Å²) in [6, 6.07) is 17.9. The van der Waals surface area contributed by atoms with Crippen molar-refractivity contribution >= 4 is 5.91 Å². The Hall–Kier alpha value is -3.05. The average molecular weight is 353 g/mol. The molecular formula is C21H19F2N2O+. The van der Waals surface area contributed by atoms with E-state index >= 15 is 0 Å². The van der Waals surface area contributed by atoms with Crippen LogP contribution in [-0.4, -0.2) is 5.91 Å². The van der Waals surface area contributed by atoms with Crippen LogP contribution < -0.4 is 11.5 Å². The Morgan fingerprint density at radius 2 is 1.69 bits per heavy atom. The molecule has 5 N–H and O–H groups in total. The third kappa shape index (κ3) is 3.95. The summed E-state index contributed by atoms with van der Waals surface area (Å²) in [5.74, 6) is -1.36. The van der Waals surface area contributed by atoms with Crippen LogP contribution in [0.5, 0.6) is 0 Å². The highest BCUT2D eigenvalue weighted by molar-refractivity contribution is 5.94. The van der Waals surface area contributed by atoms with E-state index in [1.165, 1.54) is 6.07 Å². The van der Waals surface area contributed by atoms with Gasteiger partial charge in [-0.05, 0) is 47.0 Å². The first-order valence-corrected chi connectivity index (χ1v) is 8.21. The Morgan fingerprint density at radius 1 is 0.962 bits per heavy atom. The van der Waals surface area contributed by atoms with Crippen molar-refractivity contribution in [2.45, 2.75) is 12.5 Å². The van der Waals surface area contributed by atoms with Crippen molar-refractivity contribution in [1.82, 2.24) is 0 Å². The molecule has 5 heteroatoms. The molecule has 0 aliphatic heterocycles. The van der Waals surface area contributed by atoms with Crippen molar-refractivity contribution in [2.24, 2.45) is 5.73 Å². The molecule has 0 bridgehead atoms. The summed E-state index contributed by atoms with van der Waals surface area (Å²) in [5, 5.41) is 0. The van der Waals surface area contributed by atoms with Gasteiger partial charge in [0, 0.05) is 17.5 Å². The van der Waals surface area contributed by atoms with Gasteiger partial charge in [-0.25, -0.2) is 8.78 Å². The summed E-state index contributed by atoms with van der Waals surface area (Å²) >= 11 is 0. The monoisotopic (exact) mass is 353 g/mol. The molecule has 0 spiro atoms. The Morgan fingerprint density at radius 3 is 2.38 bits per heavy atom. The highest BCUT2D eigenvalue weighted by atomic mass is 19.1. The van der Waals surface area contributed by atoms with E-state index in [0.29, 0.717) is 17.5 Å². The fourth-order valence-corrected chi connectivity index (χ4v) is 2.88. The van der Waals surface area contributed by atoms with Crippen molar-refractivity contribution in [2.75, 3.05) is 0 Å². The molecule has 3 rings (SSSR count). The molecule has 3 nitrogen and oxygen atoms in total. The Labute approximate surface area is 150 Å². The highest BCUT2D eigenvalue weighted by Crippen LogP contribution is 2.24. The molecule has 0 radical (unpaired) electrons. The molecule has 26 heavy (non-hydrogen) atoms. The van der Waals surface area contributed by atoms with E-state index in [1.54, 1.807) is 18.2 Å². The van der Waals surface area contributed by atoms with Gasteiger partial charge in [-0.1, -0.05) is 36.4 Å². The third-order valence-corrected chi connectivity index (χ3v) is 4.34. The Balaban J connectivity index is 1.80. The van der Waals surface area contributed by atoms with Crippen LogP contribution in [0.4, 0.5) is 8.78 Å². The zero-order valence-corrected chi connectivity index (χ0v) is 14.1. The lowest BCUT2D eigenvalue weighted by molar-refractivity contribution is -0.426. The predicted molar refractivity (Wildman–Crippen MR) is 96.1 cm³/mol.